The Morgan fingerprint density at radius 1 is 1.40 bits per heavy atom. The van der Waals surface area contributed by atoms with Gasteiger partial charge in [-0.1, -0.05) is 6.07 Å². The van der Waals surface area contributed by atoms with Crippen LogP contribution >= 0.6 is 0 Å². The van der Waals surface area contributed by atoms with Crippen LogP contribution in [0, 0.1) is 0 Å². The molecule has 0 spiro atoms. The molecule has 0 atom stereocenters. The lowest BCUT2D eigenvalue weighted by molar-refractivity contribution is -0.136. The number of ketones is 1. The summed E-state index contributed by atoms with van der Waals surface area (Å²) in [7, 11) is 0. The third-order valence-corrected chi connectivity index (χ3v) is 1.87. The van der Waals surface area contributed by atoms with Crippen molar-refractivity contribution in [1.29, 1.82) is 0 Å². The number of hydrogen-bond acceptors (Lipinski definition) is 2. The van der Waals surface area contributed by atoms with E-state index in [-0.39, 0.29) is 17.9 Å². The standard InChI is InChI=1S/C10H10F3NO/c1-6(15)4-7-2-3-8(9(14)5-7)10(11,12)13/h2-3,5H,4,14H2,1H3. The maximum absolute atomic E-state index is 12.3. The zero-order chi connectivity index (χ0) is 11.6. The van der Waals surface area contributed by atoms with Gasteiger partial charge in [0.15, 0.2) is 0 Å². The third-order valence-electron chi connectivity index (χ3n) is 1.87. The molecule has 0 saturated heterocycles. The van der Waals surface area contributed by atoms with E-state index in [2.05, 4.69) is 0 Å². The number of Topliss-reactive ketones (excluding diaryl/α,β-unsaturated/α-hetero) is 1. The van der Waals surface area contributed by atoms with Crippen LogP contribution in [0.2, 0.25) is 0 Å². The van der Waals surface area contributed by atoms with Crippen LogP contribution in [0.15, 0.2) is 18.2 Å². The van der Waals surface area contributed by atoms with Gasteiger partial charge in [-0.15, -0.1) is 0 Å². The number of halogens is 3. The molecule has 0 radical (unpaired) electrons. The van der Waals surface area contributed by atoms with Gasteiger partial charge in [0.25, 0.3) is 0 Å². The van der Waals surface area contributed by atoms with Crippen LogP contribution in [0.3, 0.4) is 0 Å². The number of carbonyl (C=O) groups excluding carboxylic acids is 1. The van der Waals surface area contributed by atoms with Gasteiger partial charge in [-0.2, -0.15) is 13.2 Å². The van der Waals surface area contributed by atoms with Gasteiger partial charge < -0.3 is 5.73 Å². The summed E-state index contributed by atoms with van der Waals surface area (Å²) in [6, 6.07) is 3.35. The van der Waals surface area contributed by atoms with Gasteiger partial charge in [0.2, 0.25) is 0 Å². The molecule has 0 aliphatic heterocycles. The van der Waals surface area contributed by atoms with Crippen LogP contribution in [0.4, 0.5) is 18.9 Å². The van der Waals surface area contributed by atoms with E-state index < -0.39 is 11.7 Å². The predicted molar refractivity (Wildman–Crippen MR) is 50.2 cm³/mol. The maximum Gasteiger partial charge on any atom is 0.418 e. The van der Waals surface area contributed by atoms with Crippen molar-refractivity contribution < 1.29 is 18.0 Å². The highest BCUT2D eigenvalue weighted by Crippen LogP contribution is 2.33. The Morgan fingerprint density at radius 2 is 2.00 bits per heavy atom. The van der Waals surface area contributed by atoms with Gasteiger partial charge in [0, 0.05) is 12.1 Å². The average Bonchev–Trinajstić information content (AvgIpc) is 1.99. The van der Waals surface area contributed by atoms with E-state index in [1.54, 1.807) is 0 Å². The third kappa shape index (κ3) is 2.97. The molecule has 1 aromatic carbocycles. The van der Waals surface area contributed by atoms with E-state index in [1.807, 2.05) is 0 Å². The summed E-state index contributed by atoms with van der Waals surface area (Å²) in [5.41, 5.74) is 4.53. The molecule has 1 aromatic rings. The zero-order valence-corrected chi connectivity index (χ0v) is 8.06. The minimum atomic E-state index is -4.45. The number of carbonyl (C=O) groups is 1. The fraction of sp³-hybridized carbons (Fsp3) is 0.300. The molecule has 15 heavy (non-hydrogen) atoms. The lowest BCUT2D eigenvalue weighted by Gasteiger charge is -2.10. The summed E-state index contributed by atoms with van der Waals surface area (Å²) < 4.78 is 36.9. The minimum Gasteiger partial charge on any atom is -0.398 e. The van der Waals surface area contributed by atoms with Crippen LogP contribution in [-0.2, 0) is 17.4 Å². The largest absolute Gasteiger partial charge is 0.418 e. The van der Waals surface area contributed by atoms with Gasteiger partial charge in [0.1, 0.15) is 5.78 Å². The van der Waals surface area contributed by atoms with Crippen LogP contribution in [-0.4, -0.2) is 5.78 Å². The second-order valence-corrected chi connectivity index (χ2v) is 3.30. The van der Waals surface area contributed by atoms with Crippen molar-refractivity contribution in [2.45, 2.75) is 19.5 Å². The van der Waals surface area contributed by atoms with E-state index in [4.69, 9.17) is 5.73 Å². The first-order valence-corrected chi connectivity index (χ1v) is 4.25. The summed E-state index contributed by atoms with van der Waals surface area (Å²) in [6.07, 6.45) is -4.35. The molecule has 0 amide bonds. The molecular weight excluding hydrogens is 207 g/mol. The minimum absolute atomic E-state index is 0.0995. The second kappa shape index (κ2) is 3.92. The highest BCUT2D eigenvalue weighted by molar-refractivity contribution is 5.78. The number of nitrogens with two attached hydrogens (primary N) is 1. The lowest BCUT2D eigenvalue weighted by atomic mass is 10.1. The molecule has 0 aromatic heterocycles. The highest BCUT2D eigenvalue weighted by Gasteiger charge is 2.32. The molecule has 0 aliphatic carbocycles. The topological polar surface area (TPSA) is 43.1 Å². The molecule has 0 aliphatic rings. The number of nitrogen functional groups attached to an aromatic ring is 1. The Kier molecular flexibility index (Phi) is 3.02. The molecule has 5 heteroatoms. The first-order valence-electron chi connectivity index (χ1n) is 4.25. The summed E-state index contributed by atoms with van der Waals surface area (Å²) in [5.74, 6) is -0.117. The molecule has 0 saturated carbocycles. The Hall–Kier alpha value is -1.52. The summed E-state index contributed by atoms with van der Waals surface area (Å²) in [5, 5.41) is 0. The summed E-state index contributed by atoms with van der Waals surface area (Å²) in [4.78, 5) is 10.7. The summed E-state index contributed by atoms with van der Waals surface area (Å²) in [6.45, 7) is 1.37. The van der Waals surface area contributed by atoms with E-state index in [9.17, 15) is 18.0 Å². The Bertz CT molecular complexity index is 385. The van der Waals surface area contributed by atoms with E-state index in [0.717, 1.165) is 6.07 Å². The number of anilines is 1. The fourth-order valence-electron chi connectivity index (χ4n) is 1.27. The smallest absolute Gasteiger partial charge is 0.398 e. The van der Waals surface area contributed by atoms with Crippen molar-refractivity contribution in [3.63, 3.8) is 0 Å². The van der Waals surface area contributed by atoms with E-state index >= 15 is 0 Å². The number of hydrogen-bond donors (Lipinski definition) is 1. The predicted octanol–water partition coefficient (Wildman–Crippen LogP) is 2.42. The van der Waals surface area contributed by atoms with Crippen molar-refractivity contribution in [3.05, 3.63) is 29.3 Å². The Morgan fingerprint density at radius 3 is 2.40 bits per heavy atom. The molecule has 2 N–H and O–H groups in total. The molecule has 0 unspecified atom stereocenters. The maximum atomic E-state index is 12.3. The van der Waals surface area contributed by atoms with Crippen molar-refractivity contribution in [3.8, 4) is 0 Å². The summed E-state index contributed by atoms with van der Waals surface area (Å²) >= 11 is 0. The van der Waals surface area contributed by atoms with Crippen molar-refractivity contribution >= 4 is 11.5 Å². The van der Waals surface area contributed by atoms with Crippen LogP contribution in [0.5, 0.6) is 0 Å². The van der Waals surface area contributed by atoms with Gasteiger partial charge in [-0.25, -0.2) is 0 Å². The number of rotatable bonds is 2. The van der Waals surface area contributed by atoms with Gasteiger partial charge in [0.05, 0.1) is 5.56 Å². The first kappa shape index (κ1) is 11.6. The Labute approximate surface area is 84.9 Å². The number of alkyl halides is 3. The van der Waals surface area contributed by atoms with E-state index in [1.165, 1.54) is 19.1 Å². The van der Waals surface area contributed by atoms with Crippen LogP contribution in [0.1, 0.15) is 18.1 Å². The average molecular weight is 217 g/mol. The van der Waals surface area contributed by atoms with Gasteiger partial charge in [-0.3, -0.25) is 4.79 Å². The van der Waals surface area contributed by atoms with Crippen molar-refractivity contribution in [1.82, 2.24) is 0 Å². The molecule has 0 fully saturated rings. The first-order chi connectivity index (χ1) is 6.80. The molecule has 0 bridgehead atoms. The SMILES string of the molecule is CC(=O)Cc1ccc(C(F)(F)F)c(N)c1. The molecule has 2 nitrogen and oxygen atoms in total. The monoisotopic (exact) mass is 217 g/mol. The van der Waals surface area contributed by atoms with Crippen molar-refractivity contribution in [2.75, 3.05) is 5.73 Å². The van der Waals surface area contributed by atoms with Gasteiger partial charge >= 0.3 is 6.18 Å². The fourth-order valence-corrected chi connectivity index (χ4v) is 1.27. The molecule has 82 valence electrons. The van der Waals surface area contributed by atoms with Crippen LogP contribution in [0.25, 0.3) is 0 Å². The number of benzene rings is 1. The molecule has 0 heterocycles. The molecule has 1 rings (SSSR count). The quantitative estimate of drug-likeness (QED) is 0.773. The van der Waals surface area contributed by atoms with Crippen molar-refractivity contribution in [2.24, 2.45) is 0 Å². The van der Waals surface area contributed by atoms with Crippen LogP contribution < -0.4 is 5.73 Å². The lowest BCUT2D eigenvalue weighted by Crippen LogP contribution is -2.09. The van der Waals surface area contributed by atoms with E-state index in [0.29, 0.717) is 5.56 Å². The van der Waals surface area contributed by atoms with Gasteiger partial charge in [-0.05, 0) is 24.6 Å². The normalized spacial score (nSPS) is 11.5. The Balaban J connectivity index is 3.04. The highest BCUT2D eigenvalue weighted by atomic mass is 19.4. The zero-order valence-electron chi connectivity index (χ0n) is 8.06. The molecular formula is C10H10F3NO. The second-order valence-electron chi connectivity index (χ2n) is 3.30.